The van der Waals surface area contributed by atoms with Crippen LogP contribution in [0.25, 0.3) is 11.3 Å². The third kappa shape index (κ3) is 6.40. The minimum atomic E-state index is -5.00. The summed E-state index contributed by atoms with van der Waals surface area (Å²) in [6.45, 7) is 2.22. The molecule has 2 heterocycles. The molecule has 1 aromatic heterocycles. The molecular formula is C25H28F6N2O4. The van der Waals surface area contributed by atoms with Gasteiger partial charge in [0, 0.05) is 19.2 Å². The first kappa shape index (κ1) is 27.3. The smallest absolute Gasteiger partial charge is 0.408 e. The van der Waals surface area contributed by atoms with Gasteiger partial charge in [0.25, 0.3) is 0 Å². The van der Waals surface area contributed by atoms with E-state index in [0.29, 0.717) is 43.7 Å². The van der Waals surface area contributed by atoms with Crippen molar-refractivity contribution in [3.8, 4) is 17.0 Å². The van der Waals surface area contributed by atoms with E-state index in [9.17, 15) is 36.2 Å². The zero-order valence-corrected chi connectivity index (χ0v) is 20.1. The Morgan fingerprint density at radius 2 is 1.68 bits per heavy atom. The molecule has 6 nitrogen and oxygen atoms in total. The second-order valence-corrected chi connectivity index (χ2v) is 9.51. The van der Waals surface area contributed by atoms with Gasteiger partial charge in [-0.2, -0.15) is 26.3 Å². The Labute approximate surface area is 209 Å². The van der Waals surface area contributed by atoms with Crippen molar-refractivity contribution in [1.29, 1.82) is 0 Å². The maximum absolute atomic E-state index is 13.5. The lowest BCUT2D eigenvalue weighted by molar-refractivity contribution is -0.143. The fourth-order valence-corrected chi connectivity index (χ4v) is 4.85. The third-order valence-electron chi connectivity index (χ3n) is 6.85. The van der Waals surface area contributed by atoms with Crippen LogP contribution in [0.15, 0.2) is 24.3 Å². The summed E-state index contributed by atoms with van der Waals surface area (Å²) >= 11 is 0. The molecule has 2 fully saturated rings. The summed E-state index contributed by atoms with van der Waals surface area (Å²) in [7, 11) is 0. The molecule has 2 aliphatic rings. The van der Waals surface area contributed by atoms with E-state index in [2.05, 4.69) is 5.32 Å². The molecule has 4 rings (SSSR count). The highest BCUT2D eigenvalue weighted by Crippen LogP contribution is 2.40. The molecule has 37 heavy (non-hydrogen) atoms. The van der Waals surface area contributed by atoms with Gasteiger partial charge < -0.3 is 24.5 Å². The zero-order valence-electron chi connectivity index (χ0n) is 20.1. The van der Waals surface area contributed by atoms with Crippen molar-refractivity contribution in [3.63, 3.8) is 0 Å². The topological polar surface area (TPSA) is 72.7 Å². The average Bonchev–Trinajstić information content (AvgIpc) is 3.43. The molecule has 3 atom stereocenters. The number of benzene rings is 1. The van der Waals surface area contributed by atoms with Crippen molar-refractivity contribution in [2.45, 2.75) is 82.6 Å². The van der Waals surface area contributed by atoms with E-state index in [-0.39, 0.29) is 35.7 Å². The number of aliphatic hydroxyl groups excluding tert-OH is 1. The highest BCUT2D eigenvalue weighted by molar-refractivity contribution is 5.73. The number of carbonyl (C=O) groups excluding carboxylic acids is 1. The molecule has 1 aromatic carbocycles. The molecule has 2 aromatic rings. The number of nitrogens with one attached hydrogen (secondary N) is 1. The number of amides is 1. The van der Waals surface area contributed by atoms with Gasteiger partial charge in [-0.15, -0.1) is 0 Å². The van der Waals surface area contributed by atoms with Crippen LogP contribution in [0.5, 0.6) is 5.75 Å². The lowest BCUT2D eigenvalue weighted by Gasteiger charge is -2.27. The minimum Gasteiger partial charge on any atom is -0.408 e. The largest absolute Gasteiger partial charge is 0.416 e. The van der Waals surface area contributed by atoms with Gasteiger partial charge >= 0.3 is 18.4 Å². The predicted octanol–water partition coefficient (Wildman–Crippen LogP) is 6.07. The van der Waals surface area contributed by atoms with Gasteiger partial charge in [-0.25, -0.2) is 4.79 Å². The molecular weight excluding hydrogens is 506 g/mol. The molecule has 1 amide bonds. The van der Waals surface area contributed by atoms with Crippen LogP contribution in [-0.2, 0) is 23.6 Å². The lowest BCUT2D eigenvalue weighted by atomic mass is 9.93. The van der Waals surface area contributed by atoms with E-state index in [1.165, 1.54) is 10.6 Å². The predicted molar refractivity (Wildman–Crippen MR) is 121 cm³/mol. The van der Waals surface area contributed by atoms with Crippen LogP contribution < -0.4 is 10.1 Å². The van der Waals surface area contributed by atoms with Crippen LogP contribution in [0.2, 0.25) is 0 Å². The summed E-state index contributed by atoms with van der Waals surface area (Å²) in [6, 6.07) is 2.13. The first-order chi connectivity index (χ1) is 17.3. The van der Waals surface area contributed by atoms with E-state index >= 15 is 0 Å². The Balaban J connectivity index is 1.72. The number of rotatable bonds is 5. The summed E-state index contributed by atoms with van der Waals surface area (Å²) in [6.07, 6.45) is -7.71. The summed E-state index contributed by atoms with van der Waals surface area (Å²) in [4.78, 5) is 12.6. The highest BCUT2D eigenvalue weighted by Gasteiger charge is 2.37. The molecule has 0 bridgehead atoms. The molecule has 1 aliphatic heterocycles. The maximum Gasteiger partial charge on any atom is 0.416 e. The van der Waals surface area contributed by atoms with E-state index in [4.69, 9.17) is 9.47 Å². The van der Waals surface area contributed by atoms with Crippen molar-refractivity contribution in [2.75, 3.05) is 6.61 Å². The number of halogens is 6. The van der Waals surface area contributed by atoms with Crippen molar-refractivity contribution in [1.82, 2.24) is 9.88 Å². The van der Waals surface area contributed by atoms with Crippen LogP contribution in [0.1, 0.15) is 55.3 Å². The van der Waals surface area contributed by atoms with Gasteiger partial charge in [0.2, 0.25) is 0 Å². The van der Waals surface area contributed by atoms with Crippen LogP contribution >= 0.6 is 0 Å². The number of nitrogens with zero attached hydrogens (tertiary/aromatic N) is 1. The highest BCUT2D eigenvalue weighted by atomic mass is 19.4. The van der Waals surface area contributed by atoms with E-state index < -0.39 is 41.7 Å². The molecule has 204 valence electrons. The third-order valence-corrected chi connectivity index (χ3v) is 6.85. The van der Waals surface area contributed by atoms with Crippen molar-refractivity contribution >= 4 is 6.09 Å². The van der Waals surface area contributed by atoms with E-state index in [1.807, 2.05) is 0 Å². The van der Waals surface area contributed by atoms with Crippen LogP contribution in [0, 0.1) is 6.92 Å². The first-order valence-corrected chi connectivity index (χ1v) is 12.1. The number of aliphatic hydroxyl groups is 1. The Kier molecular flexibility index (Phi) is 7.80. The average molecular weight is 534 g/mol. The van der Waals surface area contributed by atoms with Gasteiger partial charge in [0.15, 0.2) is 5.75 Å². The molecule has 0 unspecified atom stereocenters. The molecule has 0 spiro atoms. The molecule has 2 N–H and O–H groups in total. The fourth-order valence-electron chi connectivity index (χ4n) is 4.85. The van der Waals surface area contributed by atoms with Gasteiger partial charge in [-0.1, -0.05) is 12.8 Å². The van der Waals surface area contributed by atoms with Gasteiger partial charge in [0.1, 0.15) is 0 Å². The van der Waals surface area contributed by atoms with Crippen LogP contribution in [0.4, 0.5) is 31.1 Å². The lowest BCUT2D eigenvalue weighted by Crippen LogP contribution is -2.46. The van der Waals surface area contributed by atoms with E-state index in [1.54, 1.807) is 6.92 Å². The fraction of sp³-hybridized carbons (Fsp3) is 0.560. The quantitative estimate of drug-likeness (QED) is 0.457. The summed E-state index contributed by atoms with van der Waals surface area (Å²) in [5, 5.41) is 12.7. The van der Waals surface area contributed by atoms with Gasteiger partial charge in [-0.3, -0.25) is 0 Å². The summed E-state index contributed by atoms with van der Waals surface area (Å²) in [5.41, 5.74) is -2.82. The Bertz CT molecular complexity index is 1090. The Hall–Kier alpha value is -2.73. The van der Waals surface area contributed by atoms with Crippen LogP contribution in [-0.4, -0.2) is 40.6 Å². The molecule has 1 aliphatic carbocycles. The maximum atomic E-state index is 13.5. The van der Waals surface area contributed by atoms with Crippen molar-refractivity contribution in [3.05, 3.63) is 41.1 Å². The van der Waals surface area contributed by atoms with Crippen molar-refractivity contribution in [2.24, 2.45) is 0 Å². The minimum absolute atomic E-state index is 0.0123. The Morgan fingerprint density at radius 1 is 1.03 bits per heavy atom. The number of aromatic nitrogens is 1. The Morgan fingerprint density at radius 3 is 2.24 bits per heavy atom. The SMILES string of the molecule is Cc1c(OC(=O)N[C@@H]2CCCC[C@H]2O)cc(-c2cc(C(F)(F)F)cc(C(F)(F)F)c2)n1C[C@H]1CCCO1. The van der Waals surface area contributed by atoms with Crippen LogP contribution in [0.3, 0.4) is 0 Å². The summed E-state index contributed by atoms with van der Waals surface area (Å²) in [5.74, 6) is -0.0123. The summed E-state index contributed by atoms with van der Waals surface area (Å²) < 4.78 is 93.6. The number of hydrogen-bond acceptors (Lipinski definition) is 4. The second kappa shape index (κ2) is 10.6. The van der Waals surface area contributed by atoms with Crippen molar-refractivity contribution < 1.29 is 45.7 Å². The van der Waals surface area contributed by atoms with E-state index in [0.717, 1.165) is 19.3 Å². The second-order valence-electron chi connectivity index (χ2n) is 9.51. The standard InChI is InChI=1S/C25H28F6N2O4/c1-14-22(37-23(35)32-19-6-2-3-7-21(19)34)12-20(33(14)13-18-5-4-8-36-18)15-9-16(24(26,27)28)11-17(10-15)25(29,30)31/h9-12,18-19,21,34H,2-8,13H2,1H3,(H,32,35)/t18-,19-,21-/m1/s1. The zero-order chi connectivity index (χ0) is 27.0. The normalized spacial score (nSPS) is 22.8. The van der Waals surface area contributed by atoms with Gasteiger partial charge in [-0.05, 0) is 56.4 Å². The van der Waals surface area contributed by atoms with Gasteiger partial charge in [0.05, 0.1) is 40.8 Å². The molecule has 12 heteroatoms. The monoisotopic (exact) mass is 534 g/mol. The first-order valence-electron chi connectivity index (χ1n) is 12.1. The molecule has 1 saturated heterocycles. The number of carbonyl (C=O) groups is 1. The number of ether oxygens (including phenoxy) is 2. The number of hydrogen-bond donors (Lipinski definition) is 2. The number of alkyl halides is 6. The molecule has 0 radical (unpaired) electrons. The molecule has 1 saturated carbocycles.